The Morgan fingerprint density at radius 3 is 2.35 bits per heavy atom. The average Bonchev–Trinajstić information content (AvgIpc) is 2.45. The molecule has 4 aliphatic carbocycles. The van der Waals surface area contributed by atoms with Crippen molar-refractivity contribution in [3.63, 3.8) is 0 Å². The highest BCUT2D eigenvalue weighted by Crippen LogP contribution is 2.61. The van der Waals surface area contributed by atoms with Crippen LogP contribution in [0.5, 0.6) is 0 Å². The Morgan fingerprint density at radius 2 is 1.78 bits per heavy atom. The maximum atomic E-state index is 12.8. The zero-order valence-corrected chi connectivity index (χ0v) is 14.7. The van der Waals surface area contributed by atoms with Crippen LogP contribution in [-0.2, 0) is 11.3 Å². The summed E-state index contributed by atoms with van der Waals surface area (Å²) in [4.78, 5) is 14.7. The van der Waals surface area contributed by atoms with Crippen LogP contribution in [0.25, 0.3) is 0 Å². The van der Waals surface area contributed by atoms with Crippen molar-refractivity contribution in [3.05, 3.63) is 34.9 Å². The van der Waals surface area contributed by atoms with Gasteiger partial charge in [-0.25, -0.2) is 0 Å². The van der Waals surface area contributed by atoms with E-state index < -0.39 is 0 Å². The van der Waals surface area contributed by atoms with Crippen molar-refractivity contribution in [2.75, 3.05) is 7.05 Å². The molecule has 0 spiro atoms. The largest absolute Gasteiger partial charge is 0.341 e. The monoisotopic (exact) mass is 331 g/mol. The zero-order chi connectivity index (χ0) is 16.0. The van der Waals surface area contributed by atoms with Gasteiger partial charge in [-0.15, -0.1) is 0 Å². The third-order valence-corrected chi connectivity index (χ3v) is 6.66. The number of amides is 1. The van der Waals surface area contributed by atoms with E-state index in [-0.39, 0.29) is 0 Å². The van der Waals surface area contributed by atoms with Gasteiger partial charge in [-0.2, -0.15) is 0 Å². The molecule has 4 saturated carbocycles. The lowest BCUT2D eigenvalue weighted by Crippen LogP contribution is -2.48. The van der Waals surface area contributed by atoms with Crippen molar-refractivity contribution in [2.45, 2.75) is 51.5 Å². The zero-order valence-electron chi connectivity index (χ0n) is 13.9. The van der Waals surface area contributed by atoms with E-state index >= 15 is 0 Å². The Kier molecular flexibility index (Phi) is 3.91. The molecule has 23 heavy (non-hydrogen) atoms. The van der Waals surface area contributed by atoms with E-state index in [1.807, 2.05) is 36.2 Å². The molecule has 4 aliphatic rings. The molecule has 0 aliphatic heterocycles. The fourth-order valence-electron chi connectivity index (χ4n) is 5.96. The predicted octanol–water partition coefficient (Wildman–Crippen LogP) is 4.90. The molecule has 1 aromatic carbocycles. The number of carbonyl (C=O) groups excluding carboxylic acids is 1. The van der Waals surface area contributed by atoms with E-state index in [9.17, 15) is 4.79 Å². The maximum absolute atomic E-state index is 12.8. The minimum absolute atomic E-state index is 0.312. The van der Waals surface area contributed by atoms with Gasteiger partial charge in [-0.1, -0.05) is 23.7 Å². The lowest BCUT2D eigenvalue weighted by molar-refractivity contribution is -0.138. The van der Waals surface area contributed by atoms with Crippen LogP contribution in [0.3, 0.4) is 0 Å². The first kappa shape index (κ1) is 15.5. The highest BCUT2D eigenvalue weighted by molar-refractivity contribution is 6.30. The number of carbonyl (C=O) groups is 1. The third kappa shape index (κ3) is 3.15. The fraction of sp³-hybridized carbons (Fsp3) is 0.650. The van der Waals surface area contributed by atoms with Crippen LogP contribution in [0.2, 0.25) is 5.02 Å². The van der Waals surface area contributed by atoms with Gasteiger partial charge in [0.2, 0.25) is 5.91 Å². The lowest BCUT2D eigenvalue weighted by Gasteiger charge is -2.56. The summed E-state index contributed by atoms with van der Waals surface area (Å²) in [5.74, 6) is 3.04. The van der Waals surface area contributed by atoms with Crippen LogP contribution in [-0.4, -0.2) is 17.9 Å². The highest BCUT2D eigenvalue weighted by atomic mass is 35.5. The number of hydrogen-bond acceptors (Lipinski definition) is 1. The van der Waals surface area contributed by atoms with E-state index in [0.717, 1.165) is 34.8 Å². The van der Waals surface area contributed by atoms with E-state index in [2.05, 4.69) is 0 Å². The number of rotatable bonds is 4. The quantitative estimate of drug-likeness (QED) is 0.768. The number of halogens is 1. The van der Waals surface area contributed by atoms with Gasteiger partial charge in [0.25, 0.3) is 0 Å². The maximum Gasteiger partial charge on any atom is 0.223 e. The molecule has 1 amide bonds. The number of benzene rings is 1. The van der Waals surface area contributed by atoms with Gasteiger partial charge in [0.15, 0.2) is 0 Å². The summed E-state index contributed by atoms with van der Waals surface area (Å²) in [7, 11) is 1.93. The molecule has 5 rings (SSSR count). The minimum atomic E-state index is 0.312. The van der Waals surface area contributed by atoms with E-state index in [1.54, 1.807) is 0 Å². The molecule has 2 nitrogen and oxygen atoms in total. The van der Waals surface area contributed by atoms with Gasteiger partial charge in [0.1, 0.15) is 0 Å². The van der Waals surface area contributed by atoms with Crippen molar-refractivity contribution in [2.24, 2.45) is 23.2 Å². The van der Waals surface area contributed by atoms with E-state index in [1.165, 1.54) is 38.5 Å². The second kappa shape index (κ2) is 5.81. The normalized spacial score (nSPS) is 34.6. The SMILES string of the molecule is CN(Cc1cccc(Cl)c1)C(=O)CC12CC3CC(CC(C3)C1)C2. The minimum Gasteiger partial charge on any atom is -0.341 e. The van der Waals surface area contributed by atoms with Gasteiger partial charge in [-0.3, -0.25) is 4.79 Å². The van der Waals surface area contributed by atoms with E-state index in [0.29, 0.717) is 17.9 Å². The Balaban J connectivity index is 1.41. The molecule has 124 valence electrons. The topological polar surface area (TPSA) is 20.3 Å². The Labute approximate surface area is 144 Å². The molecule has 4 bridgehead atoms. The summed E-state index contributed by atoms with van der Waals surface area (Å²) in [5.41, 5.74) is 1.44. The van der Waals surface area contributed by atoms with Crippen LogP contribution in [0.4, 0.5) is 0 Å². The highest BCUT2D eigenvalue weighted by Gasteiger charge is 2.51. The molecule has 0 N–H and O–H groups in total. The Hall–Kier alpha value is -1.02. The van der Waals surface area contributed by atoms with Crippen LogP contribution >= 0.6 is 11.6 Å². The second-order valence-electron chi connectivity index (χ2n) is 8.47. The smallest absolute Gasteiger partial charge is 0.223 e. The Morgan fingerprint density at radius 1 is 1.17 bits per heavy atom. The molecule has 0 saturated heterocycles. The van der Waals surface area contributed by atoms with Crippen LogP contribution in [0.15, 0.2) is 24.3 Å². The van der Waals surface area contributed by atoms with E-state index in [4.69, 9.17) is 11.6 Å². The summed E-state index contributed by atoms with van der Waals surface area (Å²) in [5, 5.41) is 0.740. The molecule has 0 heterocycles. The molecule has 0 radical (unpaired) electrons. The second-order valence-corrected chi connectivity index (χ2v) is 8.91. The Bertz CT molecular complexity index is 576. The molecular formula is C20H26ClNO. The first-order chi connectivity index (χ1) is 11.0. The molecule has 1 aromatic rings. The molecule has 0 unspecified atom stereocenters. The fourth-order valence-corrected chi connectivity index (χ4v) is 6.17. The summed E-state index contributed by atoms with van der Waals surface area (Å²) in [6.07, 6.45) is 8.97. The summed E-state index contributed by atoms with van der Waals surface area (Å²) in [6, 6.07) is 7.83. The van der Waals surface area contributed by atoms with Crippen LogP contribution in [0, 0.1) is 23.2 Å². The van der Waals surface area contributed by atoms with Crippen molar-refractivity contribution in [1.82, 2.24) is 4.90 Å². The van der Waals surface area contributed by atoms with Gasteiger partial charge >= 0.3 is 0 Å². The van der Waals surface area contributed by atoms with Crippen molar-refractivity contribution < 1.29 is 4.79 Å². The summed E-state index contributed by atoms with van der Waals surface area (Å²) < 4.78 is 0. The average molecular weight is 332 g/mol. The van der Waals surface area contributed by atoms with Crippen molar-refractivity contribution >= 4 is 17.5 Å². The lowest BCUT2D eigenvalue weighted by atomic mass is 9.49. The van der Waals surface area contributed by atoms with Crippen molar-refractivity contribution in [1.29, 1.82) is 0 Å². The van der Waals surface area contributed by atoms with Gasteiger partial charge in [-0.05, 0) is 79.4 Å². The number of nitrogens with zero attached hydrogens (tertiary/aromatic N) is 1. The summed E-state index contributed by atoms with van der Waals surface area (Å²) >= 11 is 6.05. The van der Waals surface area contributed by atoms with Crippen LogP contribution < -0.4 is 0 Å². The van der Waals surface area contributed by atoms with Gasteiger partial charge in [0.05, 0.1) is 0 Å². The van der Waals surface area contributed by atoms with Crippen LogP contribution in [0.1, 0.15) is 50.5 Å². The standard InChI is InChI=1S/C20H26ClNO/c1-22(13-14-3-2-4-18(21)8-14)19(23)12-20-9-15-5-16(10-20)7-17(6-15)11-20/h2-4,8,15-17H,5-7,9-13H2,1H3. The van der Waals surface area contributed by atoms with Crippen molar-refractivity contribution in [3.8, 4) is 0 Å². The summed E-state index contributed by atoms with van der Waals surface area (Å²) in [6.45, 7) is 0.658. The molecule has 3 heteroatoms. The number of hydrogen-bond donors (Lipinski definition) is 0. The molecular weight excluding hydrogens is 306 g/mol. The molecule has 0 aromatic heterocycles. The van der Waals surface area contributed by atoms with Gasteiger partial charge < -0.3 is 4.90 Å². The van der Waals surface area contributed by atoms with Gasteiger partial charge in [0, 0.05) is 25.0 Å². The first-order valence-corrected chi connectivity index (χ1v) is 9.38. The third-order valence-electron chi connectivity index (χ3n) is 6.43. The molecule has 4 fully saturated rings. The predicted molar refractivity (Wildman–Crippen MR) is 93.1 cm³/mol. The molecule has 0 atom stereocenters. The first-order valence-electron chi connectivity index (χ1n) is 9.00.